The fourth-order valence-corrected chi connectivity index (χ4v) is 1.31. The molecule has 0 aromatic heterocycles. The standard InChI is InChI=1S/C8H14F3NO3S/c1-7(2,4-5-12-3)6-15-16(13,14)8(9,10)11/h5H,4,6H2,1-3H3. The molecular formula is C8H14F3NO3S. The quantitative estimate of drug-likeness (QED) is 0.432. The molecule has 0 heterocycles. The summed E-state index contributed by atoms with van der Waals surface area (Å²) in [6, 6.07) is 0. The van der Waals surface area contributed by atoms with Gasteiger partial charge in [-0.25, -0.2) is 0 Å². The monoisotopic (exact) mass is 261 g/mol. The number of aliphatic imine (C=N–C) groups is 1. The van der Waals surface area contributed by atoms with Crippen molar-refractivity contribution in [2.24, 2.45) is 10.4 Å². The van der Waals surface area contributed by atoms with Crippen molar-refractivity contribution in [3.63, 3.8) is 0 Å². The molecule has 0 aromatic carbocycles. The van der Waals surface area contributed by atoms with Crippen molar-refractivity contribution < 1.29 is 25.8 Å². The third-order valence-electron chi connectivity index (χ3n) is 1.71. The molecule has 0 bridgehead atoms. The summed E-state index contributed by atoms with van der Waals surface area (Å²) in [7, 11) is -3.98. The second-order valence-corrected chi connectivity index (χ2v) is 5.58. The van der Waals surface area contributed by atoms with E-state index >= 15 is 0 Å². The minimum atomic E-state index is -5.50. The van der Waals surface area contributed by atoms with Gasteiger partial charge in [-0.1, -0.05) is 13.8 Å². The molecule has 0 aliphatic carbocycles. The van der Waals surface area contributed by atoms with E-state index in [9.17, 15) is 21.6 Å². The molecule has 0 atom stereocenters. The lowest BCUT2D eigenvalue weighted by Crippen LogP contribution is -2.30. The Morgan fingerprint density at radius 2 is 1.81 bits per heavy atom. The minimum absolute atomic E-state index is 0.330. The van der Waals surface area contributed by atoms with Crippen LogP contribution in [0.25, 0.3) is 0 Å². The maximum atomic E-state index is 11.9. The average molecular weight is 261 g/mol. The second-order valence-electron chi connectivity index (χ2n) is 3.97. The van der Waals surface area contributed by atoms with Gasteiger partial charge in [-0.2, -0.15) is 21.6 Å². The smallest absolute Gasteiger partial charge is 0.301 e. The van der Waals surface area contributed by atoms with Crippen LogP contribution in [-0.4, -0.2) is 33.8 Å². The maximum absolute atomic E-state index is 11.9. The third-order valence-corrected chi connectivity index (χ3v) is 2.71. The zero-order valence-electron chi connectivity index (χ0n) is 9.21. The van der Waals surface area contributed by atoms with Crippen LogP contribution in [0.2, 0.25) is 0 Å². The molecule has 0 N–H and O–H groups in total. The largest absolute Gasteiger partial charge is 0.523 e. The number of halogens is 3. The molecule has 0 rings (SSSR count). The van der Waals surface area contributed by atoms with Gasteiger partial charge in [0.15, 0.2) is 0 Å². The average Bonchev–Trinajstić information content (AvgIpc) is 2.10. The van der Waals surface area contributed by atoms with Crippen molar-refractivity contribution in [2.75, 3.05) is 13.7 Å². The third kappa shape index (κ3) is 4.93. The second kappa shape index (κ2) is 5.13. The lowest BCUT2D eigenvalue weighted by molar-refractivity contribution is -0.0560. The van der Waals surface area contributed by atoms with E-state index in [2.05, 4.69) is 9.18 Å². The van der Waals surface area contributed by atoms with Crippen molar-refractivity contribution >= 4 is 16.3 Å². The van der Waals surface area contributed by atoms with E-state index in [1.807, 2.05) is 0 Å². The lowest BCUT2D eigenvalue weighted by Gasteiger charge is -2.22. The highest BCUT2D eigenvalue weighted by molar-refractivity contribution is 7.87. The fraction of sp³-hybridized carbons (Fsp3) is 0.875. The first-order valence-electron chi connectivity index (χ1n) is 4.38. The van der Waals surface area contributed by atoms with E-state index in [0.717, 1.165) is 0 Å². The molecule has 16 heavy (non-hydrogen) atoms. The maximum Gasteiger partial charge on any atom is 0.523 e. The highest BCUT2D eigenvalue weighted by atomic mass is 32.2. The van der Waals surface area contributed by atoms with Crippen LogP contribution >= 0.6 is 0 Å². The molecule has 4 nitrogen and oxygen atoms in total. The summed E-state index contributed by atoms with van der Waals surface area (Å²) in [5.41, 5.74) is -6.10. The van der Waals surface area contributed by atoms with Crippen LogP contribution in [0.4, 0.5) is 13.2 Å². The Labute approximate surface area is 92.6 Å². The molecule has 0 spiro atoms. The van der Waals surface area contributed by atoms with E-state index in [1.165, 1.54) is 13.3 Å². The predicted molar refractivity (Wildman–Crippen MR) is 53.7 cm³/mol. The highest BCUT2D eigenvalue weighted by Crippen LogP contribution is 2.28. The van der Waals surface area contributed by atoms with E-state index in [-0.39, 0.29) is 0 Å². The molecule has 0 amide bonds. The van der Waals surface area contributed by atoms with Crippen molar-refractivity contribution in [2.45, 2.75) is 25.8 Å². The molecule has 0 fully saturated rings. The Bertz CT molecular complexity index is 346. The summed E-state index contributed by atoms with van der Waals surface area (Å²) < 4.78 is 60.9. The van der Waals surface area contributed by atoms with Crippen LogP contribution in [0.5, 0.6) is 0 Å². The first-order chi connectivity index (χ1) is 7.02. The molecular weight excluding hydrogens is 247 g/mol. The van der Waals surface area contributed by atoms with Gasteiger partial charge in [-0.3, -0.25) is 4.18 Å². The normalized spacial score (nSPS) is 14.6. The molecule has 0 aliphatic rings. The van der Waals surface area contributed by atoms with Crippen LogP contribution in [-0.2, 0) is 14.3 Å². The van der Waals surface area contributed by atoms with E-state index in [0.29, 0.717) is 6.42 Å². The first kappa shape index (κ1) is 15.4. The van der Waals surface area contributed by atoms with Crippen molar-refractivity contribution in [1.82, 2.24) is 0 Å². The Morgan fingerprint density at radius 1 is 1.31 bits per heavy atom. The van der Waals surface area contributed by atoms with Gasteiger partial charge in [0.1, 0.15) is 0 Å². The summed E-state index contributed by atoms with van der Waals surface area (Å²) >= 11 is 0. The molecule has 0 saturated carbocycles. The summed E-state index contributed by atoms with van der Waals surface area (Å²) in [5, 5.41) is 0. The number of rotatable bonds is 5. The minimum Gasteiger partial charge on any atom is -0.301 e. The van der Waals surface area contributed by atoms with Crippen molar-refractivity contribution in [1.29, 1.82) is 0 Å². The topological polar surface area (TPSA) is 55.7 Å². The molecule has 0 radical (unpaired) electrons. The van der Waals surface area contributed by atoms with Crippen LogP contribution in [0.15, 0.2) is 4.99 Å². The van der Waals surface area contributed by atoms with Gasteiger partial charge < -0.3 is 4.99 Å². The summed E-state index contributed by atoms with van der Waals surface area (Å²) in [5.74, 6) is 0. The van der Waals surface area contributed by atoms with Gasteiger partial charge in [0.25, 0.3) is 0 Å². The zero-order valence-corrected chi connectivity index (χ0v) is 10.0. The van der Waals surface area contributed by atoms with E-state index < -0.39 is 27.6 Å². The van der Waals surface area contributed by atoms with Crippen LogP contribution in [0.1, 0.15) is 20.3 Å². The van der Waals surface area contributed by atoms with Crippen LogP contribution < -0.4 is 0 Å². The first-order valence-corrected chi connectivity index (χ1v) is 5.79. The molecule has 0 unspecified atom stereocenters. The lowest BCUT2D eigenvalue weighted by atomic mass is 9.91. The SMILES string of the molecule is CN=CCC(C)(C)COS(=O)(=O)C(F)(F)F. The van der Waals surface area contributed by atoms with Crippen LogP contribution in [0, 0.1) is 5.41 Å². The van der Waals surface area contributed by atoms with E-state index in [1.54, 1.807) is 13.8 Å². The molecule has 0 saturated heterocycles. The van der Waals surface area contributed by atoms with E-state index in [4.69, 9.17) is 0 Å². The van der Waals surface area contributed by atoms with Crippen molar-refractivity contribution in [3.8, 4) is 0 Å². The Hall–Kier alpha value is -0.630. The Morgan fingerprint density at radius 3 is 2.19 bits per heavy atom. The Balaban J connectivity index is 4.46. The van der Waals surface area contributed by atoms with Gasteiger partial charge in [-0.05, 0) is 18.1 Å². The zero-order chi connectivity index (χ0) is 13.0. The summed E-state index contributed by atoms with van der Waals surface area (Å²) in [6.07, 6.45) is 1.82. The van der Waals surface area contributed by atoms with Crippen molar-refractivity contribution in [3.05, 3.63) is 0 Å². The number of hydrogen-bond donors (Lipinski definition) is 0. The molecule has 0 aromatic rings. The van der Waals surface area contributed by atoms with Gasteiger partial charge in [0.2, 0.25) is 0 Å². The Kier molecular flexibility index (Phi) is 4.93. The van der Waals surface area contributed by atoms with Gasteiger partial charge in [0.05, 0.1) is 6.61 Å². The fourth-order valence-electron chi connectivity index (χ4n) is 0.701. The summed E-state index contributed by atoms with van der Waals surface area (Å²) in [4.78, 5) is 3.66. The number of alkyl halides is 3. The van der Waals surface area contributed by atoms with Crippen LogP contribution in [0.3, 0.4) is 0 Å². The predicted octanol–water partition coefficient (Wildman–Crippen LogP) is 1.97. The highest BCUT2D eigenvalue weighted by Gasteiger charge is 2.47. The molecule has 0 aliphatic heterocycles. The summed E-state index contributed by atoms with van der Waals surface area (Å²) in [6.45, 7) is 2.63. The number of hydrogen-bond acceptors (Lipinski definition) is 4. The molecule has 8 heteroatoms. The van der Waals surface area contributed by atoms with Gasteiger partial charge in [-0.15, -0.1) is 0 Å². The number of nitrogens with zero attached hydrogens (tertiary/aromatic N) is 1. The van der Waals surface area contributed by atoms with Gasteiger partial charge >= 0.3 is 15.6 Å². The van der Waals surface area contributed by atoms with Gasteiger partial charge in [0, 0.05) is 7.05 Å². The molecule has 96 valence electrons.